The van der Waals surface area contributed by atoms with Gasteiger partial charge in [0.15, 0.2) is 0 Å². The summed E-state index contributed by atoms with van der Waals surface area (Å²) in [7, 11) is 0. The number of aliphatic hydroxyl groups excluding tert-OH is 1. The smallest absolute Gasteiger partial charge is 0.282 e. The predicted molar refractivity (Wildman–Crippen MR) is 54.8 cm³/mol. The van der Waals surface area contributed by atoms with Gasteiger partial charge >= 0.3 is 0 Å². The number of rotatable bonds is 5. The van der Waals surface area contributed by atoms with E-state index in [1.807, 2.05) is 0 Å². The van der Waals surface area contributed by atoms with Crippen LogP contribution in [0.3, 0.4) is 0 Å². The van der Waals surface area contributed by atoms with Crippen LogP contribution in [-0.2, 0) is 0 Å². The van der Waals surface area contributed by atoms with E-state index in [4.69, 9.17) is 5.11 Å². The van der Waals surface area contributed by atoms with Crippen LogP contribution in [0, 0.1) is 11.6 Å². The molecule has 0 amide bonds. The second kappa shape index (κ2) is 5.46. The molecule has 0 heterocycles. The van der Waals surface area contributed by atoms with Crippen molar-refractivity contribution in [3.63, 3.8) is 0 Å². The maximum absolute atomic E-state index is 12.9. The van der Waals surface area contributed by atoms with Crippen molar-refractivity contribution >= 4 is 0 Å². The summed E-state index contributed by atoms with van der Waals surface area (Å²) in [5.74, 6) is -4.77. The maximum atomic E-state index is 12.9. The van der Waals surface area contributed by atoms with Crippen molar-refractivity contribution in [2.75, 3.05) is 13.2 Å². The molecule has 2 nitrogen and oxygen atoms in total. The van der Waals surface area contributed by atoms with Crippen LogP contribution in [0.5, 0.6) is 0 Å². The van der Waals surface area contributed by atoms with Crippen molar-refractivity contribution in [2.24, 2.45) is 0 Å². The molecule has 0 aromatic heterocycles. The van der Waals surface area contributed by atoms with E-state index in [1.54, 1.807) is 0 Å². The van der Waals surface area contributed by atoms with Crippen LogP contribution in [0.4, 0.5) is 17.6 Å². The number of benzene rings is 1. The molecule has 0 spiro atoms. The van der Waals surface area contributed by atoms with Gasteiger partial charge in [-0.25, -0.2) is 17.6 Å². The fourth-order valence-corrected chi connectivity index (χ4v) is 1.30. The first-order chi connectivity index (χ1) is 7.84. The Hall–Kier alpha value is -1.14. The lowest BCUT2D eigenvalue weighted by atomic mass is 10.1. The fourth-order valence-electron chi connectivity index (χ4n) is 1.30. The summed E-state index contributed by atoms with van der Waals surface area (Å²) >= 11 is 0. The van der Waals surface area contributed by atoms with Crippen molar-refractivity contribution < 1.29 is 22.7 Å². The first-order valence-corrected chi connectivity index (χ1v) is 5.02. The lowest BCUT2D eigenvalue weighted by Gasteiger charge is -2.19. The molecule has 0 radical (unpaired) electrons. The molecule has 0 fully saturated rings. The number of halogens is 4. The molecule has 2 N–H and O–H groups in total. The molecule has 1 aromatic carbocycles. The largest absolute Gasteiger partial charge is 0.390 e. The van der Waals surface area contributed by atoms with Crippen LogP contribution in [-0.4, -0.2) is 24.2 Å². The molecule has 0 saturated carbocycles. The van der Waals surface area contributed by atoms with E-state index >= 15 is 0 Å². The summed E-state index contributed by atoms with van der Waals surface area (Å²) in [6, 6.07) is 2.20. The lowest BCUT2D eigenvalue weighted by molar-refractivity contribution is -0.0490. The zero-order chi connectivity index (χ0) is 13.1. The average molecular weight is 251 g/mol. The van der Waals surface area contributed by atoms with Gasteiger partial charge in [-0.1, -0.05) is 0 Å². The summed E-state index contributed by atoms with van der Waals surface area (Å²) in [5, 5.41) is 10.8. The molecular formula is C11H13F4NO. The van der Waals surface area contributed by atoms with Gasteiger partial charge in [-0.05, 0) is 24.6 Å². The molecular weight excluding hydrogens is 238 g/mol. The van der Waals surface area contributed by atoms with Gasteiger partial charge in [-0.3, -0.25) is 0 Å². The minimum Gasteiger partial charge on any atom is -0.390 e. The van der Waals surface area contributed by atoms with E-state index in [-0.39, 0.29) is 5.56 Å². The molecule has 1 unspecified atom stereocenters. The monoisotopic (exact) mass is 251 g/mol. The number of alkyl halides is 2. The zero-order valence-electron chi connectivity index (χ0n) is 9.18. The van der Waals surface area contributed by atoms with Crippen LogP contribution in [0.1, 0.15) is 18.5 Å². The Balaban J connectivity index is 2.67. The van der Waals surface area contributed by atoms with Crippen LogP contribution in [0.25, 0.3) is 0 Å². The van der Waals surface area contributed by atoms with E-state index in [2.05, 4.69) is 5.32 Å². The first-order valence-electron chi connectivity index (χ1n) is 5.02. The summed E-state index contributed by atoms with van der Waals surface area (Å²) in [6.07, 6.45) is 0. The molecule has 0 bridgehead atoms. The van der Waals surface area contributed by atoms with Gasteiger partial charge in [0.05, 0.1) is 6.54 Å². The molecule has 0 saturated heterocycles. The van der Waals surface area contributed by atoms with E-state index in [0.29, 0.717) is 6.07 Å². The second-order valence-corrected chi connectivity index (χ2v) is 3.82. The van der Waals surface area contributed by atoms with Crippen molar-refractivity contribution in [3.8, 4) is 0 Å². The van der Waals surface area contributed by atoms with E-state index < -0.39 is 36.8 Å². The van der Waals surface area contributed by atoms with E-state index in [0.717, 1.165) is 12.1 Å². The van der Waals surface area contributed by atoms with Crippen LogP contribution in [0.15, 0.2) is 18.2 Å². The molecule has 1 atom stereocenters. The molecule has 1 aromatic rings. The molecule has 1 rings (SSSR count). The zero-order valence-corrected chi connectivity index (χ0v) is 9.18. The third-order valence-electron chi connectivity index (χ3n) is 2.28. The molecule has 0 aliphatic rings. The third kappa shape index (κ3) is 4.32. The Morgan fingerprint density at radius 3 is 2.24 bits per heavy atom. The topological polar surface area (TPSA) is 32.3 Å². The lowest BCUT2D eigenvalue weighted by Crippen LogP contribution is -2.37. The highest BCUT2D eigenvalue weighted by Gasteiger charge is 2.28. The number of hydrogen-bond acceptors (Lipinski definition) is 2. The van der Waals surface area contributed by atoms with E-state index in [9.17, 15) is 17.6 Å². The highest BCUT2D eigenvalue weighted by atomic mass is 19.3. The standard InChI is InChI=1S/C11H13F4NO/c1-7(16-5-11(14,15)6-17)8-2-9(12)4-10(13)3-8/h2-4,7,16-17H,5-6H2,1H3. The number of nitrogens with one attached hydrogen (secondary N) is 1. The van der Waals surface area contributed by atoms with Gasteiger partial charge in [-0.2, -0.15) is 0 Å². The van der Waals surface area contributed by atoms with Gasteiger partial charge in [-0.15, -0.1) is 0 Å². The number of hydrogen-bond donors (Lipinski definition) is 2. The van der Waals surface area contributed by atoms with Crippen LogP contribution < -0.4 is 5.32 Å². The maximum Gasteiger partial charge on any atom is 0.282 e. The van der Waals surface area contributed by atoms with Gasteiger partial charge in [0, 0.05) is 12.1 Å². The van der Waals surface area contributed by atoms with Crippen molar-refractivity contribution in [1.82, 2.24) is 5.32 Å². The SMILES string of the molecule is CC(NCC(F)(F)CO)c1cc(F)cc(F)c1. The summed E-state index contributed by atoms with van der Waals surface area (Å²) in [4.78, 5) is 0. The summed E-state index contributed by atoms with van der Waals surface area (Å²) in [6.45, 7) is -0.533. The van der Waals surface area contributed by atoms with Gasteiger partial charge < -0.3 is 10.4 Å². The third-order valence-corrected chi connectivity index (χ3v) is 2.28. The second-order valence-electron chi connectivity index (χ2n) is 3.82. The van der Waals surface area contributed by atoms with Crippen molar-refractivity contribution in [3.05, 3.63) is 35.4 Å². The Morgan fingerprint density at radius 1 is 1.24 bits per heavy atom. The van der Waals surface area contributed by atoms with Gasteiger partial charge in [0.2, 0.25) is 0 Å². The highest BCUT2D eigenvalue weighted by Crippen LogP contribution is 2.18. The number of aliphatic hydroxyl groups is 1. The fraction of sp³-hybridized carbons (Fsp3) is 0.455. The Kier molecular flexibility index (Phi) is 4.47. The van der Waals surface area contributed by atoms with Crippen LogP contribution >= 0.6 is 0 Å². The van der Waals surface area contributed by atoms with Gasteiger partial charge in [0.25, 0.3) is 5.92 Å². The Morgan fingerprint density at radius 2 is 1.76 bits per heavy atom. The van der Waals surface area contributed by atoms with Gasteiger partial charge in [0.1, 0.15) is 18.2 Å². The van der Waals surface area contributed by atoms with E-state index in [1.165, 1.54) is 6.92 Å². The first kappa shape index (κ1) is 13.9. The molecule has 96 valence electrons. The molecule has 17 heavy (non-hydrogen) atoms. The normalized spacial score (nSPS) is 13.8. The Bertz CT molecular complexity index is 363. The predicted octanol–water partition coefficient (Wildman–Crippen LogP) is 2.24. The minimum absolute atomic E-state index is 0.233. The highest BCUT2D eigenvalue weighted by molar-refractivity contribution is 5.20. The Labute approximate surface area is 96.3 Å². The molecule has 0 aliphatic carbocycles. The minimum atomic E-state index is -3.25. The molecule has 6 heteroatoms. The summed E-state index contributed by atoms with van der Waals surface area (Å²) in [5.41, 5.74) is 0.233. The quantitative estimate of drug-likeness (QED) is 0.787. The summed E-state index contributed by atoms with van der Waals surface area (Å²) < 4.78 is 51.2. The van der Waals surface area contributed by atoms with Crippen LogP contribution in [0.2, 0.25) is 0 Å². The average Bonchev–Trinajstić information content (AvgIpc) is 2.24. The van der Waals surface area contributed by atoms with Crippen molar-refractivity contribution in [1.29, 1.82) is 0 Å². The van der Waals surface area contributed by atoms with Crippen molar-refractivity contribution in [2.45, 2.75) is 18.9 Å². The molecule has 0 aliphatic heterocycles.